The fourth-order valence-corrected chi connectivity index (χ4v) is 1.85. The maximum absolute atomic E-state index is 13.1. The minimum absolute atomic E-state index is 0.168. The van der Waals surface area contributed by atoms with E-state index in [0.29, 0.717) is 12.0 Å². The summed E-state index contributed by atoms with van der Waals surface area (Å²) in [6.45, 7) is 1.72. The van der Waals surface area contributed by atoms with Gasteiger partial charge in [0.25, 0.3) is 0 Å². The first-order valence-electron chi connectivity index (χ1n) is 6.29. The Hall–Kier alpha value is -2.24. The molecule has 1 heterocycles. The van der Waals surface area contributed by atoms with Crippen LogP contribution in [-0.2, 0) is 11.2 Å². The lowest BCUT2D eigenvalue weighted by Crippen LogP contribution is -2.27. The molecule has 20 heavy (non-hydrogen) atoms. The third kappa shape index (κ3) is 3.63. The molecule has 0 fully saturated rings. The second-order valence-corrected chi connectivity index (χ2v) is 4.50. The van der Waals surface area contributed by atoms with Crippen LogP contribution in [0.2, 0.25) is 0 Å². The number of nitrogens with zero attached hydrogens (tertiary/aromatic N) is 1. The molecule has 0 unspecified atom stereocenters. The number of imidazole rings is 1. The van der Waals surface area contributed by atoms with Crippen molar-refractivity contribution in [2.75, 3.05) is 0 Å². The van der Waals surface area contributed by atoms with Gasteiger partial charge in [0, 0.05) is 25.2 Å². The average Bonchev–Trinajstić information content (AvgIpc) is 2.92. The van der Waals surface area contributed by atoms with Crippen molar-refractivity contribution in [3.8, 4) is 0 Å². The van der Waals surface area contributed by atoms with E-state index in [1.165, 1.54) is 6.07 Å². The number of halogens is 2. The number of benzene rings is 1. The highest BCUT2D eigenvalue weighted by Crippen LogP contribution is 2.16. The van der Waals surface area contributed by atoms with Gasteiger partial charge in [-0.25, -0.2) is 13.8 Å². The number of rotatable bonds is 5. The van der Waals surface area contributed by atoms with Gasteiger partial charge in [0.05, 0.1) is 6.04 Å². The Morgan fingerprint density at radius 2 is 2.20 bits per heavy atom. The summed E-state index contributed by atoms with van der Waals surface area (Å²) in [6.07, 6.45) is 4.10. The Morgan fingerprint density at radius 3 is 2.85 bits per heavy atom. The molecule has 2 aromatic rings. The van der Waals surface area contributed by atoms with Crippen LogP contribution < -0.4 is 5.32 Å². The summed E-state index contributed by atoms with van der Waals surface area (Å²) in [5, 5.41) is 2.74. The quantitative estimate of drug-likeness (QED) is 0.883. The molecule has 0 radical (unpaired) electrons. The van der Waals surface area contributed by atoms with E-state index < -0.39 is 11.6 Å². The fraction of sp³-hybridized carbons (Fsp3) is 0.286. The van der Waals surface area contributed by atoms with E-state index in [-0.39, 0.29) is 18.4 Å². The van der Waals surface area contributed by atoms with Gasteiger partial charge in [0.2, 0.25) is 5.91 Å². The first-order valence-corrected chi connectivity index (χ1v) is 6.29. The van der Waals surface area contributed by atoms with E-state index in [9.17, 15) is 13.6 Å². The van der Waals surface area contributed by atoms with E-state index in [4.69, 9.17) is 0 Å². The van der Waals surface area contributed by atoms with Crippen molar-refractivity contribution in [2.24, 2.45) is 0 Å². The minimum atomic E-state index is -0.917. The molecule has 0 saturated heterocycles. The smallest absolute Gasteiger partial charge is 0.220 e. The molecule has 0 aliphatic carbocycles. The van der Waals surface area contributed by atoms with Crippen LogP contribution in [0, 0.1) is 11.6 Å². The van der Waals surface area contributed by atoms with Crippen LogP contribution in [0.1, 0.15) is 30.8 Å². The molecule has 1 atom stereocenters. The van der Waals surface area contributed by atoms with Gasteiger partial charge in [-0.1, -0.05) is 6.07 Å². The highest BCUT2D eigenvalue weighted by molar-refractivity contribution is 5.76. The molecule has 6 heteroatoms. The summed E-state index contributed by atoms with van der Waals surface area (Å²) in [6, 6.07) is 3.22. The van der Waals surface area contributed by atoms with Crippen molar-refractivity contribution in [1.82, 2.24) is 15.3 Å². The highest BCUT2D eigenvalue weighted by atomic mass is 19.2. The highest BCUT2D eigenvalue weighted by Gasteiger charge is 2.12. The van der Waals surface area contributed by atoms with Crippen molar-refractivity contribution >= 4 is 5.91 Å². The largest absolute Gasteiger partial charge is 0.350 e. The number of carbonyl (C=O) groups excluding carboxylic acids is 1. The van der Waals surface area contributed by atoms with E-state index in [1.54, 1.807) is 19.3 Å². The zero-order valence-corrected chi connectivity index (χ0v) is 11.0. The molecule has 106 valence electrons. The van der Waals surface area contributed by atoms with Crippen molar-refractivity contribution in [3.63, 3.8) is 0 Å². The molecule has 0 spiro atoms. The molecule has 0 saturated carbocycles. The van der Waals surface area contributed by atoms with Crippen LogP contribution >= 0.6 is 0 Å². The van der Waals surface area contributed by atoms with Gasteiger partial charge in [0.1, 0.15) is 5.82 Å². The minimum Gasteiger partial charge on any atom is -0.350 e. The number of aryl methyl sites for hydroxylation is 1. The van der Waals surface area contributed by atoms with Gasteiger partial charge < -0.3 is 10.3 Å². The van der Waals surface area contributed by atoms with Crippen molar-refractivity contribution < 1.29 is 13.6 Å². The Bertz CT molecular complexity index is 584. The average molecular weight is 279 g/mol. The van der Waals surface area contributed by atoms with E-state index in [2.05, 4.69) is 15.3 Å². The summed E-state index contributed by atoms with van der Waals surface area (Å²) < 4.78 is 25.9. The lowest BCUT2D eigenvalue weighted by Gasteiger charge is -2.14. The molecule has 0 bridgehead atoms. The first kappa shape index (κ1) is 14.2. The Morgan fingerprint density at radius 1 is 1.40 bits per heavy atom. The molecule has 2 N–H and O–H groups in total. The molecule has 1 aromatic carbocycles. The van der Waals surface area contributed by atoms with Crippen LogP contribution in [0.15, 0.2) is 30.6 Å². The summed E-state index contributed by atoms with van der Waals surface area (Å²) in [4.78, 5) is 18.7. The van der Waals surface area contributed by atoms with Gasteiger partial charge in [0.15, 0.2) is 11.6 Å². The first-order chi connectivity index (χ1) is 9.56. The predicted octanol–water partition coefficient (Wildman–Crippen LogP) is 2.50. The zero-order valence-electron chi connectivity index (χ0n) is 11.0. The summed E-state index contributed by atoms with van der Waals surface area (Å²) in [5.41, 5.74) is 0.523. The number of carbonyl (C=O) groups is 1. The maximum Gasteiger partial charge on any atom is 0.220 e. The number of amides is 1. The molecule has 0 aliphatic rings. The van der Waals surface area contributed by atoms with Gasteiger partial charge >= 0.3 is 0 Å². The zero-order chi connectivity index (χ0) is 14.5. The van der Waals surface area contributed by atoms with Crippen LogP contribution in [0.4, 0.5) is 8.78 Å². The monoisotopic (exact) mass is 279 g/mol. The summed E-state index contributed by atoms with van der Waals surface area (Å²) >= 11 is 0. The molecule has 1 amide bonds. The second-order valence-electron chi connectivity index (χ2n) is 4.50. The van der Waals surface area contributed by atoms with Gasteiger partial charge in [-0.05, 0) is 24.6 Å². The van der Waals surface area contributed by atoms with Gasteiger partial charge in [-0.2, -0.15) is 0 Å². The van der Waals surface area contributed by atoms with Crippen LogP contribution in [-0.4, -0.2) is 15.9 Å². The SMILES string of the molecule is C[C@H](NC(=O)CCc1ncc[nH]1)c1ccc(F)c(F)c1. The van der Waals surface area contributed by atoms with Crippen LogP contribution in [0.25, 0.3) is 0 Å². The number of H-pyrrole nitrogens is 1. The third-order valence-corrected chi connectivity index (χ3v) is 2.96. The lowest BCUT2D eigenvalue weighted by atomic mass is 10.1. The van der Waals surface area contributed by atoms with E-state index >= 15 is 0 Å². The number of aromatic nitrogens is 2. The number of aromatic amines is 1. The Labute approximate surface area is 115 Å². The van der Waals surface area contributed by atoms with Gasteiger partial charge in [-0.3, -0.25) is 4.79 Å². The Kier molecular flexibility index (Phi) is 4.45. The Balaban J connectivity index is 1.88. The molecular formula is C14H15F2N3O. The van der Waals surface area contributed by atoms with Crippen LogP contribution in [0.3, 0.4) is 0 Å². The standard InChI is InChI=1S/C14H15F2N3O/c1-9(10-2-3-11(15)12(16)8-10)19-14(20)5-4-13-17-6-7-18-13/h2-3,6-9H,4-5H2,1H3,(H,17,18)(H,19,20)/t9-/m0/s1. The van der Waals surface area contributed by atoms with Crippen molar-refractivity contribution in [3.05, 3.63) is 53.6 Å². The molecular weight excluding hydrogens is 264 g/mol. The van der Waals surface area contributed by atoms with Gasteiger partial charge in [-0.15, -0.1) is 0 Å². The summed E-state index contributed by atoms with van der Waals surface area (Å²) in [7, 11) is 0. The topological polar surface area (TPSA) is 57.8 Å². The molecule has 1 aromatic heterocycles. The number of hydrogen-bond acceptors (Lipinski definition) is 2. The summed E-state index contributed by atoms with van der Waals surface area (Å²) in [5.74, 6) is -1.25. The van der Waals surface area contributed by atoms with Crippen molar-refractivity contribution in [1.29, 1.82) is 0 Å². The fourth-order valence-electron chi connectivity index (χ4n) is 1.85. The third-order valence-electron chi connectivity index (χ3n) is 2.96. The lowest BCUT2D eigenvalue weighted by molar-refractivity contribution is -0.121. The molecule has 2 rings (SSSR count). The maximum atomic E-state index is 13.1. The molecule has 0 aliphatic heterocycles. The number of hydrogen-bond donors (Lipinski definition) is 2. The molecule has 4 nitrogen and oxygen atoms in total. The van der Waals surface area contributed by atoms with Crippen molar-refractivity contribution in [2.45, 2.75) is 25.8 Å². The predicted molar refractivity (Wildman–Crippen MR) is 69.8 cm³/mol. The van der Waals surface area contributed by atoms with E-state index in [1.807, 2.05) is 0 Å². The normalized spacial score (nSPS) is 12.2. The van der Waals surface area contributed by atoms with E-state index in [0.717, 1.165) is 18.0 Å². The second kappa shape index (κ2) is 6.27. The number of nitrogens with one attached hydrogen (secondary N) is 2. The van der Waals surface area contributed by atoms with Crippen LogP contribution in [0.5, 0.6) is 0 Å².